The summed E-state index contributed by atoms with van der Waals surface area (Å²) in [5.41, 5.74) is 1.05. The Kier molecular flexibility index (Phi) is 5.20. The molecule has 0 aliphatic rings. The van der Waals surface area contributed by atoms with Crippen molar-refractivity contribution in [1.29, 1.82) is 0 Å². The fraction of sp³-hybridized carbons (Fsp3) is 0.786. The first kappa shape index (κ1) is 15.0. The zero-order valence-corrected chi connectivity index (χ0v) is 12.6. The average molecular weight is 253 g/mol. The lowest BCUT2D eigenvalue weighted by molar-refractivity contribution is 0.421. The molecule has 4 heteroatoms. The molecule has 1 rings (SSSR count). The van der Waals surface area contributed by atoms with E-state index in [4.69, 9.17) is 4.42 Å². The van der Waals surface area contributed by atoms with Gasteiger partial charge in [0.15, 0.2) is 0 Å². The summed E-state index contributed by atoms with van der Waals surface area (Å²) in [5.74, 6) is 0. The van der Waals surface area contributed by atoms with Crippen molar-refractivity contribution in [3.05, 3.63) is 12.0 Å². The number of hydrogen-bond acceptors (Lipinski definition) is 4. The van der Waals surface area contributed by atoms with Gasteiger partial charge >= 0.3 is 0 Å². The van der Waals surface area contributed by atoms with Crippen LogP contribution in [0.2, 0.25) is 0 Å². The highest BCUT2D eigenvalue weighted by Crippen LogP contribution is 2.18. The molecule has 1 heterocycles. The maximum Gasteiger partial charge on any atom is 0.297 e. The van der Waals surface area contributed by atoms with Crippen LogP contribution in [0.3, 0.4) is 0 Å². The topological polar surface area (TPSA) is 41.3 Å². The Hall–Kier alpha value is -1.03. The lowest BCUT2D eigenvalue weighted by Crippen LogP contribution is -2.35. The van der Waals surface area contributed by atoms with Gasteiger partial charge in [0.25, 0.3) is 6.01 Å². The maximum absolute atomic E-state index is 5.55. The summed E-state index contributed by atoms with van der Waals surface area (Å²) in [5, 5.41) is 3.41. The van der Waals surface area contributed by atoms with Crippen LogP contribution in [0, 0.1) is 0 Å². The average Bonchev–Trinajstić information content (AvgIpc) is 2.75. The molecule has 0 atom stereocenters. The lowest BCUT2D eigenvalue weighted by Gasteiger charge is -2.24. The van der Waals surface area contributed by atoms with Gasteiger partial charge in [0, 0.05) is 25.2 Å². The summed E-state index contributed by atoms with van der Waals surface area (Å²) >= 11 is 0. The van der Waals surface area contributed by atoms with Crippen LogP contribution in [0.4, 0.5) is 6.01 Å². The number of rotatable bonds is 6. The number of anilines is 1. The Morgan fingerprint density at radius 3 is 2.44 bits per heavy atom. The number of hydrogen-bond donors (Lipinski definition) is 1. The van der Waals surface area contributed by atoms with Crippen molar-refractivity contribution in [2.45, 2.75) is 65.6 Å². The molecule has 18 heavy (non-hydrogen) atoms. The highest BCUT2D eigenvalue weighted by Gasteiger charge is 2.17. The molecule has 4 nitrogen and oxygen atoms in total. The molecule has 0 amide bonds. The van der Waals surface area contributed by atoms with E-state index in [2.05, 4.69) is 49.8 Å². The molecule has 0 unspecified atom stereocenters. The second-order valence-corrected chi connectivity index (χ2v) is 5.81. The third-order valence-corrected chi connectivity index (χ3v) is 3.13. The summed E-state index contributed by atoms with van der Waals surface area (Å²) in [6, 6.07) is 1.21. The largest absolute Gasteiger partial charge is 0.432 e. The minimum atomic E-state index is 0.0976. The van der Waals surface area contributed by atoms with Crippen molar-refractivity contribution in [1.82, 2.24) is 10.3 Å². The number of oxazole rings is 1. The molecule has 1 N–H and O–H groups in total. The van der Waals surface area contributed by atoms with Gasteiger partial charge in [0.1, 0.15) is 6.26 Å². The van der Waals surface area contributed by atoms with E-state index in [9.17, 15) is 0 Å². The third-order valence-electron chi connectivity index (χ3n) is 3.13. The molecular formula is C14H27N3O. The molecule has 0 aliphatic heterocycles. The second kappa shape index (κ2) is 6.23. The predicted octanol–water partition coefficient (Wildman–Crippen LogP) is 3.19. The first-order valence-corrected chi connectivity index (χ1v) is 6.79. The van der Waals surface area contributed by atoms with Gasteiger partial charge in [-0.2, -0.15) is 4.98 Å². The Balaban J connectivity index is 2.62. The van der Waals surface area contributed by atoms with Gasteiger partial charge in [-0.05, 0) is 33.6 Å². The van der Waals surface area contributed by atoms with E-state index in [1.165, 1.54) is 0 Å². The van der Waals surface area contributed by atoms with Crippen molar-refractivity contribution in [2.75, 3.05) is 11.9 Å². The van der Waals surface area contributed by atoms with Gasteiger partial charge in [0.05, 0.1) is 5.69 Å². The maximum atomic E-state index is 5.55. The van der Waals surface area contributed by atoms with Crippen LogP contribution in [0.25, 0.3) is 0 Å². The van der Waals surface area contributed by atoms with Crippen molar-refractivity contribution in [3.63, 3.8) is 0 Å². The van der Waals surface area contributed by atoms with E-state index < -0.39 is 0 Å². The SMILES string of the molecule is CCC(CC)N(C)c1nc(CNC(C)(C)C)co1. The van der Waals surface area contributed by atoms with E-state index in [0.29, 0.717) is 6.04 Å². The standard InChI is InChI=1S/C14H27N3O/c1-7-12(8-2)17(6)13-16-11(10-18-13)9-15-14(3,4)5/h10,12,15H,7-9H2,1-6H3. The van der Waals surface area contributed by atoms with Gasteiger partial charge in [-0.3, -0.25) is 0 Å². The first-order chi connectivity index (χ1) is 8.37. The highest BCUT2D eigenvalue weighted by molar-refractivity contribution is 5.27. The van der Waals surface area contributed by atoms with Gasteiger partial charge in [-0.1, -0.05) is 13.8 Å². The van der Waals surface area contributed by atoms with E-state index in [-0.39, 0.29) is 5.54 Å². The minimum absolute atomic E-state index is 0.0976. The number of nitrogens with zero attached hydrogens (tertiary/aromatic N) is 2. The van der Waals surface area contributed by atoms with Crippen molar-refractivity contribution >= 4 is 6.01 Å². The van der Waals surface area contributed by atoms with Crippen molar-refractivity contribution in [2.24, 2.45) is 0 Å². The Labute approximate surface area is 111 Å². The summed E-state index contributed by atoms with van der Waals surface area (Å²) in [6.07, 6.45) is 3.95. The second-order valence-electron chi connectivity index (χ2n) is 5.81. The summed E-state index contributed by atoms with van der Waals surface area (Å²) in [7, 11) is 2.05. The molecule has 104 valence electrons. The van der Waals surface area contributed by atoms with E-state index in [0.717, 1.165) is 31.1 Å². The minimum Gasteiger partial charge on any atom is -0.432 e. The molecule has 0 aromatic carbocycles. The smallest absolute Gasteiger partial charge is 0.297 e. The van der Waals surface area contributed by atoms with Gasteiger partial charge in [0.2, 0.25) is 0 Å². The third kappa shape index (κ3) is 4.33. The van der Waals surface area contributed by atoms with Crippen LogP contribution in [0.15, 0.2) is 10.7 Å². The zero-order chi connectivity index (χ0) is 13.8. The molecular weight excluding hydrogens is 226 g/mol. The van der Waals surface area contributed by atoms with Crippen LogP contribution in [-0.2, 0) is 6.54 Å². The van der Waals surface area contributed by atoms with E-state index >= 15 is 0 Å². The lowest BCUT2D eigenvalue weighted by atomic mass is 10.1. The van der Waals surface area contributed by atoms with Crippen LogP contribution >= 0.6 is 0 Å². The molecule has 0 fully saturated rings. The van der Waals surface area contributed by atoms with Gasteiger partial charge < -0.3 is 14.6 Å². The first-order valence-electron chi connectivity index (χ1n) is 6.79. The van der Waals surface area contributed by atoms with Crippen LogP contribution in [0.1, 0.15) is 53.2 Å². The summed E-state index contributed by atoms with van der Waals surface area (Å²) in [6.45, 7) is 11.5. The zero-order valence-electron chi connectivity index (χ0n) is 12.6. The molecule has 0 spiro atoms. The van der Waals surface area contributed by atoms with E-state index in [1.807, 2.05) is 7.05 Å². The quantitative estimate of drug-likeness (QED) is 0.845. The summed E-state index contributed by atoms with van der Waals surface area (Å²) in [4.78, 5) is 6.65. The normalized spacial score (nSPS) is 12.2. The number of nitrogens with one attached hydrogen (secondary N) is 1. The summed E-state index contributed by atoms with van der Waals surface area (Å²) < 4.78 is 5.55. The fourth-order valence-electron chi connectivity index (χ4n) is 1.89. The van der Waals surface area contributed by atoms with Gasteiger partial charge in [-0.25, -0.2) is 0 Å². The van der Waals surface area contributed by atoms with Crippen molar-refractivity contribution < 1.29 is 4.42 Å². The Morgan fingerprint density at radius 1 is 1.33 bits per heavy atom. The molecule has 0 bridgehead atoms. The Bertz CT molecular complexity index is 350. The molecule has 1 aromatic rings. The molecule has 0 aliphatic carbocycles. The number of aromatic nitrogens is 1. The van der Waals surface area contributed by atoms with E-state index in [1.54, 1.807) is 6.26 Å². The van der Waals surface area contributed by atoms with Crippen LogP contribution in [-0.4, -0.2) is 23.6 Å². The molecule has 0 radical (unpaired) electrons. The fourth-order valence-corrected chi connectivity index (χ4v) is 1.89. The molecule has 0 saturated heterocycles. The predicted molar refractivity (Wildman–Crippen MR) is 75.9 cm³/mol. The molecule has 0 saturated carbocycles. The monoisotopic (exact) mass is 253 g/mol. The van der Waals surface area contributed by atoms with Crippen molar-refractivity contribution in [3.8, 4) is 0 Å². The molecule has 1 aromatic heterocycles. The van der Waals surface area contributed by atoms with Gasteiger partial charge in [-0.15, -0.1) is 0 Å². The van der Waals surface area contributed by atoms with Crippen LogP contribution < -0.4 is 10.2 Å². The van der Waals surface area contributed by atoms with Crippen LogP contribution in [0.5, 0.6) is 0 Å². The Morgan fingerprint density at radius 2 is 1.94 bits per heavy atom. The highest BCUT2D eigenvalue weighted by atomic mass is 16.4.